The molecule has 2 rings (SSSR count). The van der Waals surface area contributed by atoms with Crippen molar-refractivity contribution in [2.75, 3.05) is 0 Å². The Morgan fingerprint density at radius 1 is 0.950 bits per heavy atom. The molecule has 0 fully saturated rings. The first kappa shape index (κ1) is 14.7. The fourth-order valence-corrected chi connectivity index (χ4v) is 2.06. The molecule has 0 nitrogen and oxygen atoms in total. The van der Waals surface area contributed by atoms with E-state index in [9.17, 15) is 8.78 Å². The summed E-state index contributed by atoms with van der Waals surface area (Å²) in [6.45, 7) is 2.98. The zero-order chi connectivity index (χ0) is 14.8. The summed E-state index contributed by atoms with van der Waals surface area (Å²) in [5, 5.41) is 0.493. The van der Waals surface area contributed by atoms with Gasteiger partial charge in [-0.3, -0.25) is 0 Å². The molecule has 2 aromatic carbocycles. The molecule has 0 bridgehead atoms. The first-order valence-electron chi connectivity index (χ1n) is 6.28. The molecule has 104 valence electrons. The minimum atomic E-state index is -1.44. The molecular formula is C17H15ClF2. The monoisotopic (exact) mass is 292 g/mol. The Hall–Kier alpha value is -1.67. The lowest BCUT2D eigenvalue weighted by molar-refractivity contribution is 0.221. The minimum absolute atomic E-state index is 0.272. The second kappa shape index (κ2) is 5.76. The van der Waals surface area contributed by atoms with Gasteiger partial charge in [0.25, 0.3) is 0 Å². The number of halogens is 3. The summed E-state index contributed by atoms with van der Waals surface area (Å²) in [4.78, 5) is 0. The summed E-state index contributed by atoms with van der Waals surface area (Å²) in [7, 11) is 0. The van der Waals surface area contributed by atoms with Gasteiger partial charge < -0.3 is 0 Å². The van der Waals surface area contributed by atoms with E-state index >= 15 is 0 Å². The van der Waals surface area contributed by atoms with Gasteiger partial charge in [-0.1, -0.05) is 35.9 Å². The van der Waals surface area contributed by atoms with Crippen LogP contribution in [-0.2, 0) is 5.67 Å². The zero-order valence-electron chi connectivity index (χ0n) is 11.3. The van der Waals surface area contributed by atoms with Crippen LogP contribution < -0.4 is 0 Å². The van der Waals surface area contributed by atoms with E-state index in [2.05, 4.69) is 0 Å². The molecule has 0 aliphatic heterocycles. The van der Waals surface area contributed by atoms with Gasteiger partial charge in [0.15, 0.2) is 0 Å². The molecule has 0 heterocycles. The summed E-state index contributed by atoms with van der Waals surface area (Å²) in [5.41, 5.74) is 0.766. The van der Waals surface area contributed by atoms with Crippen LogP contribution in [0.25, 0.3) is 12.2 Å². The van der Waals surface area contributed by atoms with Crippen molar-refractivity contribution in [3.05, 3.63) is 70.0 Å². The number of alkyl halides is 1. The molecule has 0 amide bonds. The summed E-state index contributed by atoms with van der Waals surface area (Å²) >= 11 is 6.01. The van der Waals surface area contributed by atoms with Gasteiger partial charge in [-0.25, -0.2) is 8.78 Å². The van der Waals surface area contributed by atoms with Gasteiger partial charge in [0.05, 0.1) is 0 Å². The van der Waals surface area contributed by atoms with E-state index in [1.54, 1.807) is 30.3 Å². The largest absolute Gasteiger partial charge is 0.239 e. The van der Waals surface area contributed by atoms with Crippen molar-refractivity contribution in [3.63, 3.8) is 0 Å². The predicted molar refractivity (Wildman–Crippen MR) is 80.9 cm³/mol. The Morgan fingerprint density at radius 3 is 2.15 bits per heavy atom. The Balaban J connectivity index is 2.29. The van der Waals surface area contributed by atoms with Crippen molar-refractivity contribution in [2.45, 2.75) is 19.5 Å². The normalized spacial score (nSPS) is 12.1. The summed E-state index contributed by atoms with van der Waals surface area (Å²) in [6.07, 6.45) is 3.66. The topological polar surface area (TPSA) is 0 Å². The maximum absolute atomic E-state index is 14.0. The highest BCUT2D eigenvalue weighted by atomic mass is 35.5. The van der Waals surface area contributed by atoms with Crippen molar-refractivity contribution in [1.29, 1.82) is 0 Å². The average Bonchev–Trinajstić information content (AvgIpc) is 2.36. The van der Waals surface area contributed by atoms with Crippen LogP contribution in [0.3, 0.4) is 0 Å². The standard InChI is InChI=1S/C17H15ClF2/c1-17(2,20)14-9-13(10-15(18)11-14)4-3-12-5-7-16(19)8-6-12/h3-11H,1-2H3/b4-3+. The molecule has 20 heavy (non-hydrogen) atoms. The van der Waals surface area contributed by atoms with Gasteiger partial charge in [0, 0.05) is 5.02 Å². The second-order valence-electron chi connectivity index (χ2n) is 5.13. The van der Waals surface area contributed by atoms with Crippen molar-refractivity contribution in [1.82, 2.24) is 0 Å². The third kappa shape index (κ3) is 3.91. The van der Waals surface area contributed by atoms with Gasteiger partial charge in [-0.2, -0.15) is 0 Å². The first-order valence-corrected chi connectivity index (χ1v) is 6.66. The Labute approximate surface area is 122 Å². The quantitative estimate of drug-likeness (QED) is 0.622. The van der Waals surface area contributed by atoms with E-state index in [4.69, 9.17) is 11.6 Å². The van der Waals surface area contributed by atoms with Gasteiger partial charge in [0.1, 0.15) is 11.5 Å². The maximum Gasteiger partial charge on any atom is 0.130 e. The van der Waals surface area contributed by atoms with Crippen LogP contribution >= 0.6 is 11.6 Å². The lowest BCUT2D eigenvalue weighted by Crippen LogP contribution is -2.08. The highest BCUT2D eigenvalue weighted by molar-refractivity contribution is 6.30. The highest BCUT2D eigenvalue weighted by Crippen LogP contribution is 2.28. The molecule has 0 aliphatic carbocycles. The van der Waals surface area contributed by atoms with Crippen molar-refractivity contribution in [3.8, 4) is 0 Å². The van der Waals surface area contributed by atoms with Crippen LogP contribution in [0.15, 0.2) is 42.5 Å². The molecule has 0 atom stereocenters. The maximum atomic E-state index is 14.0. The fourth-order valence-electron chi connectivity index (χ4n) is 1.82. The molecule has 0 saturated heterocycles. The lowest BCUT2D eigenvalue weighted by Gasteiger charge is -2.15. The molecule has 0 aliphatic rings. The number of rotatable bonds is 3. The average molecular weight is 293 g/mol. The smallest absolute Gasteiger partial charge is 0.130 e. The van der Waals surface area contributed by atoms with Crippen LogP contribution in [0.5, 0.6) is 0 Å². The van der Waals surface area contributed by atoms with Crippen LogP contribution in [-0.4, -0.2) is 0 Å². The zero-order valence-corrected chi connectivity index (χ0v) is 12.1. The van der Waals surface area contributed by atoms with Gasteiger partial charge in [-0.05, 0) is 60.9 Å². The van der Waals surface area contributed by atoms with E-state index < -0.39 is 5.67 Å². The van der Waals surface area contributed by atoms with Crippen LogP contribution in [0.4, 0.5) is 8.78 Å². The molecule has 0 N–H and O–H groups in total. The van der Waals surface area contributed by atoms with E-state index in [0.29, 0.717) is 10.6 Å². The van der Waals surface area contributed by atoms with Crippen LogP contribution in [0.2, 0.25) is 5.02 Å². The van der Waals surface area contributed by atoms with Crippen molar-refractivity contribution in [2.24, 2.45) is 0 Å². The van der Waals surface area contributed by atoms with Crippen LogP contribution in [0.1, 0.15) is 30.5 Å². The molecule has 0 saturated carbocycles. The Bertz CT molecular complexity index is 622. The lowest BCUT2D eigenvalue weighted by atomic mass is 9.98. The van der Waals surface area contributed by atoms with Gasteiger partial charge in [0.2, 0.25) is 0 Å². The van der Waals surface area contributed by atoms with Crippen molar-refractivity contribution >= 4 is 23.8 Å². The number of hydrogen-bond donors (Lipinski definition) is 0. The SMILES string of the molecule is CC(C)(F)c1cc(Cl)cc(/C=C/c2ccc(F)cc2)c1. The number of hydrogen-bond acceptors (Lipinski definition) is 0. The fraction of sp³-hybridized carbons (Fsp3) is 0.176. The van der Waals surface area contributed by atoms with E-state index in [1.807, 2.05) is 12.2 Å². The summed E-state index contributed by atoms with van der Waals surface area (Å²) < 4.78 is 26.8. The molecule has 0 spiro atoms. The molecule has 3 heteroatoms. The molecule has 0 radical (unpaired) electrons. The Kier molecular flexibility index (Phi) is 4.24. The number of benzene rings is 2. The molecule has 0 aromatic heterocycles. The molecule has 2 aromatic rings. The van der Waals surface area contributed by atoms with Gasteiger partial charge >= 0.3 is 0 Å². The molecular weight excluding hydrogens is 278 g/mol. The van der Waals surface area contributed by atoms with E-state index in [-0.39, 0.29) is 5.82 Å². The van der Waals surface area contributed by atoms with Crippen molar-refractivity contribution < 1.29 is 8.78 Å². The first-order chi connectivity index (χ1) is 9.34. The Morgan fingerprint density at radius 2 is 1.55 bits per heavy atom. The van der Waals surface area contributed by atoms with E-state index in [0.717, 1.165) is 11.1 Å². The highest BCUT2D eigenvalue weighted by Gasteiger charge is 2.19. The second-order valence-corrected chi connectivity index (χ2v) is 5.57. The summed E-state index contributed by atoms with van der Waals surface area (Å²) in [5.74, 6) is -0.272. The van der Waals surface area contributed by atoms with Gasteiger partial charge in [-0.15, -0.1) is 0 Å². The summed E-state index contributed by atoms with van der Waals surface area (Å²) in [6, 6.07) is 11.3. The third-order valence-corrected chi connectivity index (χ3v) is 3.16. The van der Waals surface area contributed by atoms with Crippen LogP contribution in [0, 0.1) is 5.82 Å². The predicted octanol–water partition coefficient (Wildman–Crippen LogP) is 5.85. The molecule has 0 unspecified atom stereocenters. The van der Waals surface area contributed by atoms with E-state index in [1.165, 1.54) is 26.0 Å². The third-order valence-electron chi connectivity index (χ3n) is 2.94. The minimum Gasteiger partial charge on any atom is -0.239 e.